The van der Waals surface area contributed by atoms with Gasteiger partial charge in [-0.05, 0) is 37.6 Å². The second-order valence-corrected chi connectivity index (χ2v) is 6.10. The first-order valence-electron chi connectivity index (χ1n) is 8.65. The average molecular weight is 354 g/mol. The van der Waals surface area contributed by atoms with Crippen LogP contribution in [0.15, 0.2) is 48.5 Å². The maximum atomic E-state index is 12.4. The van der Waals surface area contributed by atoms with Crippen molar-refractivity contribution in [3.05, 3.63) is 54.1 Å². The normalized spacial score (nSPS) is 16.7. The number of carbonyl (C=O) groups excluding carboxylic acids is 2. The van der Waals surface area contributed by atoms with Crippen LogP contribution in [0.2, 0.25) is 0 Å². The predicted molar refractivity (Wildman–Crippen MR) is 99.4 cm³/mol. The van der Waals surface area contributed by atoms with E-state index >= 15 is 0 Å². The Hall–Kier alpha value is -3.02. The summed E-state index contributed by atoms with van der Waals surface area (Å²) in [5.41, 5.74) is 2.32. The maximum absolute atomic E-state index is 12.4. The Balaban J connectivity index is 1.79. The molecule has 136 valence electrons. The summed E-state index contributed by atoms with van der Waals surface area (Å²) in [6.07, 6.45) is -0.0249. The van der Waals surface area contributed by atoms with Crippen molar-refractivity contribution in [2.75, 3.05) is 17.2 Å². The highest BCUT2D eigenvalue weighted by atomic mass is 16.5. The summed E-state index contributed by atoms with van der Waals surface area (Å²) in [7, 11) is 0. The number of hydrogen-bond donors (Lipinski definition) is 2. The molecule has 0 unspecified atom stereocenters. The van der Waals surface area contributed by atoms with Crippen LogP contribution >= 0.6 is 0 Å². The Labute approximate surface area is 152 Å². The van der Waals surface area contributed by atoms with Crippen molar-refractivity contribution in [3.63, 3.8) is 0 Å². The number of amides is 1. The average Bonchev–Trinajstić information content (AvgIpc) is 2.63. The Morgan fingerprint density at radius 1 is 1.27 bits per heavy atom. The molecule has 0 radical (unpaired) electrons. The summed E-state index contributed by atoms with van der Waals surface area (Å²) in [4.78, 5) is 24.2. The van der Waals surface area contributed by atoms with Crippen LogP contribution < -0.4 is 15.4 Å². The molecule has 2 N–H and O–H groups in total. The van der Waals surface area contributed by atoms with Crippen molar-refractivity contribution in [1.29, 1.82) is 0 Å². The van der Waals surface area contributed by atoms with Crippen molar-refractivity contribution < 1.29 is 19.1 Å². The molecule has 2 aromatic carbocycles. The first kappa shape index (κ1) is 17.8. The van der Waals surface area contributed by atoms with E-state index < -0.39 is 12.1 Å². The first-order chi connectivity index (χ1) is 12.6. The van der Waals surface area contributed by atoms with Crippen LogP contribution in [0.4, 0.5) is 11.4 Å². The van der Waals surface area contributed by atoms with E-state index in [-0.39, 0.29) is 11.9 Å². The minimum absolute atomic E-state index is 0.194. The first-order valence-corrected chi connectivity index (χ1v) is 8.65. The molecule has 2 atom stereocenters. The summed E-state index contributed by atoms with van der Waals surface area (Å²) in [5.74, 6) is 0.0993. The van der Waals surface area contributed by atoms with Crippen LogP contribution in [0.3, 0.4) is 0 Å². The quantitative estimate of drug-likeness (QED) is 0.780. The van der Waals surface area contributed by atoms with Gasteiger partial charge in [0.05, 0.1) is 12.3 Å². The molecule has 0 aliphatic carbocycles. The van der Waals surface area contributed by atoms with E-state index in [1.807, 2.05) is 36.4 Å². The monoisotopic (exact) mass is 354 g/mol. The molecular weight excluding hydrogens is 332 g/mol. The van der Waals surface area contributed by atoms with E-state index in [2.05, 4.69) is 10.6 Å². The predicted octanol–water partition coefficient (Wildman–Crippen LogP) is 2.99. The Morgan fingerprint density at radius 2 is 2.04 bits per heavy atom. The minimum Gasteiger partial charge on any atom is -0.479 e. The largest absolute Gasteiger partial charge is 0.479 e. The summed E-state index contributed by atoms with van der Waals surface area (Å²) in [6, 6.07) is 14.6. The van der Waals surface area contributed by atoms with Gasteiger partial charge >= 0.3 is 5.97 Å². The molecule has 26 heavy (non-hydrogen) atoms. The van der Waals surface area contributed by atoms with Crippen LogP contribution in [-0.2, 0) is 20.7 Å². The van der Waals surface area contributed by atoms with E-state index in [1.54, 1.807) is 26.0 Å². The highest BCUT2D eigenvalue weighted by molar-refractivity contribution is 5.98. The zero-order valence-corrected chi connectivity index (χ0v) is 14.8. The van der Waals surface area contributed by atoms with Crippen LogP contribution in [0.5, 0.6) is 5.75 Å². The molecule has 0 fully saturated rings. The van der Waals surface area contributed by atoms with Crippen molar-refractivity contribution in [2.45, 2.75) is 32.4 Å². The second-order valence-electron chi connectivity index (χ2n) is 6.10. The molecule has 3 rings (SSSR count). The number of nitrogens with one attached hydrogen (secondary N) is 2. The van der Waals surface area contributed by atoms with Crippen LogP contribution in [0.1, 0.15) is 19.4 Å². The van der Waals surface area contributed by atoms with Gasteiger partial charge in [-0.2, -0.15) is 0 Å². The highest BCUT2D eigenvalue weighted by Gasteiger charge is 2.25. The van der Waals surface area contributed by atoms with E-state index in [1.165, 1.54) is 0 Å². The van der Waals surface area contributed by atoms with Gasteiger partial charge in [-0.15, -0.1) is 0 Å². The van der Waals surface area contributed by atoms with Crippen molar-refractivity contribution in [3.8, 4) is 5.75 Å². The molecule has 0 aromatic heterocycles. The van der Waals surface area contributed by atoms with Crippen LogP contribution in [0.25, 0.3) is 0 Å². The van der Waals surface area contributed by atoms with Gasteiger partial charge in [0.1, 0.15) is 11.8 Å². The Morgan fingerprint density at radius 3 is 2.77 bits per heavy atom. The molecule has 0 bridgehead atoms. The number of carbonyl (C=O) groups is 2. The van der Waals surface area contributed by atoms with Gasteiger partial charge < -0.3 is 20.1 Å². The fourth-order valence-electron chi connectivity index (χ4n) is 2.79. The molecular formula is C20H22N2O4. The van der Waals surface area contributed by atoms with Gasteiger partial charge in [-0.25, -0.2) is 4.79 Å². The van der Waals surface area contributed by atoms with E-state index in [0.29, 0.717) is 30.2 Å². The Bertz CT molecular complexity index is 792. The topological polar surface area (TPSA) is 76.7 Å². The van der Waals surface area contributed by atoms with Gasteiger partial charge in [0.15, 0.2) is 6.10 Å². The smallest absolute Gasteiger partial charge is 0.328 e. The number of ether oxygens (including phenoxy) is 2. The molecule has 0 spiro atoms. The van der Waals surface area contributed by atoms with Gasteiger partial charge in [-0.1, -0.05) is 30.3 Å². The number of fused-ring (bicyclic) bond motifs is 1. The van der Waals surface area contributed by atoms with Crippen molar-refractivity contribution in [2.24, 2.45) is 0 Å². The lowest BCUT2D eigenvalue weighted by Crippen LogP contribution is -2.35. The van der Waals surface area contributed by atoms with E-state index in [9.17, 15) is 9.59 Å². The molecule has 1 amide bonds. The summed E-state index contributed by atoms with van der Waals surface area (Å²) < 4.78 is 10.8. The molecule has 1 heterocycles. The third-order valence-electron chi connectivity index (χ3n) is 4.11. The number of hydrogen-bond acceptors (Lipinski definition) is 5. The fraction of sp³-hybridized carbons (Fsp3) is 0.300. The van der Waals surface area contributed by atoms with Crippen LogP contribution in [0, 0.1) is 0 Å². The highest BCUT2D eigenvalue weighted by Crippen LogP contribution is 2.32. The summed E-state index contributed by atoms with van der Waals surface area (Å²) >= 11 is 0. The second kappa shape index (κ2) is 7.91. The van der Waals surface area contributed by atoms with Crippen molar-refractivity contribution in [1.82, 2.24) is 0 Å². The number of anilines is 2. The zero-order valence-electron chi connectivity index (χ0n) is 14.8. The zero-order chi connectivity index (χ0) is 18.5. The van der Waals surface area contributed by atoms with Gasteiger partial charge in [0, 0.05) is 12.1 Å². The molecule has 6 heteroatoms. The van der Waals surface area contributed by atoms with Crippen LogP contribution in [-0.4, -0.2) is 30.6 Å². The third kappa shape index (κ3) is 4.14. The van der Waals surface area contributed by atoms with E-state index in [4.69, 9.17) is 9.47 Å². The molecule has 2 aromatic rings. The summed E-state index contributed by atoms with van der Waals surface area (Å²) in [5, 5.41) is 6.01. The number of benzene rings is 2. The lowest BCUT2D eigenvalue weighted by Gasteiger charge is -2.25. The lowest BCUT2D eigenvalue weighted by atomic mass is 10.1. The number of rotatable bonds is 6. The fourth-order valence-corrected chi connectivity index (χ4v) is 2.79. The van der Waals surface area contributed by atoms with Gasteiger partial charge in [0.2, 0.25) is 0 Å². The SMILES string of the molecule is CCOC(=O)[C@@H](Cc1ccccc1)Nc1ccc2c(c1)NC(=O)[C@@H](C)O2. The Kier molecular flexibility index (Phi) is 5.41. The maximum Gasteiger partial charge on any atom is 0.328 e. The van der Waals surface area contributed by atoms with E-state index in [0.717, 1.165) is 5.56 Å². The van der Waals surface area contributed by atoms with Crippen molar-refractivity contribution >= 4 is 23.3 Å². The standard InChI is InChI=1S/C20H22N2O4/c1-3-25-20(24)17(11-14-7-5-4-6-8-14)21-15-9-10-18-16(12-15)22-19(23)13(2)26-18/h4-10,12-13,17,21H,3,11H2,1-2H3,(H,22,23)/t13-,17-/m1/s1. The molecule has 0 saturated heterocycles. The number of esters is 1. The minimum atomic E-state index is -0.533. The molecule has 1 aliphatic heterocycles. The molecule has 0 saturated carbocycles. The van der Waals surface area contributed by atoms with Gasteiger partial charge in [0.25, 0.3) is 5.91 Å². The molecule has 6 nitrogen and oxygen atoms in total. The summed E-state index contributed by atoms with van der Waals surface area (Å²) in [6.45, 7) is 3.79. The van der Waals surface area contributed by atoms with Gasteiger partial charge in [-0.3, -0.25) is 4.79 Å². The molecule has 1 aliphatic rings. The lowest BCUT2D eigenvalue weighted by molar-refractivity contribution is -0.144. The third-order valence-corrected chi connectivity index (χ3v) is 4.11.